The number of benzene rings is 1. The molecule has 0 bridgehead atoms. The van der Waals surface area contributed by atoms with Gasteiger partial charge in [-0.25, -0.2) is 0 Å². The molecule has 1 N–H and O–H groups in total. The van der Waals surface area contributed by atoms with Crippen molar-refractivity contribution in [2.24, 2.45) is 0 Å². The molecular formula is C13H19BrN2S. The predicted molar refractivity (Wildman–Crippen MR) is 81.2 cm³/mol. The molecule has 4 heteroatoms. The molecule has 1 fully saturated rings. The van der Waals surface area contributed by atoms with Gasteiger partial charge in [-0.05, 0) is 47.6 Å². The summed E-state index contributed by atoms with van der Waals surface area (Å²) in [4.78, 5) is 2.47. The molecule has 0 aliphatic carbocycles. The van der Waals surface area contributed by atoms with E-state index in [0.717, 1.165) is 13.1 Å². The maximum absolute atomic E-state index is 3.70. The Labute approximate surface area is 116 Å². The molecular weight excluding hydrogens is 296 g/mol. The van der Waals surface area contributed by atoms with Gasteiger partial charge in [0.15, 0.2) is 0 Å². The van der Waals surface area contributed by atoms with Crippen LogP contribution in [-0.4, -0.2) is 31.6 Å². The molecule has 1 heterocycles. The molecule has 0 amide bonds. The van der Waals surface area contributed by atoms with Gasteiger partial charge in [0.2, 0.25) is 0 Å². The smallest absolute Gasteiger partial charge is 0.0511 e. The monoisotopic (exact) mass is 314 g/mol. The van der Waals surface area contributed by atoms with Crippen LogP contribution in [0.25, 0.3) is 0 Å². The lowest BCUT2D eigenvalue weighted by molar-refractivity contribution is 0.652. The zero-order chi connectivity index (χ0) is 12.3. The fourth-order valence-corrected chi connectivity index (χ4v) is 3.57. The van der Waals surface area contributed by atoms with Crippen LogP contribution >= 0.6 is 27.7 Å². The third-order valence-electron chi connectivity index (χ3n) is 3.26. The molecule has 1 atom stereocenters. The summed E-state index contributed by atoms with van der Waals surface area (Å²) in [6.45, 7) is 4.49. The van der Waals surface area contributed by atoms with Crippen molar-refractivity contribution in [2.75, 3.05) is 36.5 Å². The number of rotatable bonds is 3. The Morgan fingerprint density at radius 2 is 2.06 bits per heavy atom. The molecule has 1 aromatic rings. The van der Waals surface area contributed by atoms with E-state index in [2.05, 4.69) is 51.3 Å². The second-order valence-electron chi connectivity index (χ2n) is 4.32. The summed E-state index contributed by atoms with van der Waals surface area (Å²) in [5.74, 6) is 2.47. The molecule has 1 unspecified atom stereocenters. The van der Waals surface area contributed by atoms with Gasteiger partial charge in [-0.15, -0.1) is 0 Å². The molecule has 1 aromatic carbocycles. The highest BCUT2D eigenvalue weighted by atomic mass is 79.9. The van der Waals surface area contributed by atoms with Crippen LogP contribution in [0.5, 0.6) is 0 Å². The largest absolute Gasteiger partial charge is 0.369 e. The Morgan fingerprint density at radius 1 is 1.35 bits per heavy atom. The van der Waals surface area contributed by atoms with Crippen molar-refractivity contribution in [3.8, 4) is 0 Å². The summed E-state index contributed by atoms with van der Waals surface area (Å²) in [5.41, 5.74) is 2.66. The van der Waals surface area contributed by atoms with Crippen LogP contribution in [0.1, 0.15) is 18.5 Å². The lowest BCUT2D eigenvalue weighted by Gasteiger charge is -2.29. The quantitative estimate of drug-likeness (QED) is 0.921. The van der Waals surface area contributed by atoms with Crippen LogP contribution in [-0.2, 0) is 0 Å². The predicted octanol–water partition coefficient (Wildman–Crippen LogP) is 3.28. The van der Waals surface area contributed by atoms with Crippen molar-refractivity contribution in [2.45, 2.75) is 13.0 Å². The van der Waals surface area contributed by atoms with Crippen molar-refractivity contribution in [1.82, 2.24) is 5.32 Å². The Hall–Kier alpha value is -0.190. The SMILES string of the molecule is CNC(C)c1ccc(N2CCSCC2)c(Br)c1. The van der Waals surface area contributed by atoms with E-state index < -0.39 is 0 Å². The molecule has 1 aliphatic heterocycles. The molecule has 0 aromatic heterocycles. The van der Waals surface area contributed by atoms with E-state index in [1.165, 1.54) is 27.2 Å². The van der Waals surface area contributed by atoms with Gasteiger partial charge in [0.25, 0.3) is 0 Å². The average Bonchev–Trinajstić information content (AvgIpc) is 2.38. The van der Waals surface area contributed by atoms with E-state index in [1.807, 2.05) is 18.8 Å². The number of hydrogen-bond donors (Lipinski definition) is 1. The van der Waals surface area contributed by atoms with Crippen molar-refractivity contribution in [1.29, 1.82) is 0 Å². The first kappa shape index (κ1) is 13.2. The van der Waals surface area contributed by atoms with Gasteiger partial charge in [-0.3, -0.25) is 0 Å². The maximum atomic E-state index is 3.70. The summed E-state index contributed by atoms with van der Waals surface area (Å²) < 4.78 is 1.21. The second kappa shape index (κ2) is 6.12. The average molecular weight is 315 g/mol. The van der Waals surface area contributed by atoms with Crippen molar-refractivity contribution in [3.05, 3.63) is 28.2 Å². The standard InChI is InChI=1S/C13H19BrN2S/c1-10(15-2)11-3-4-13(12(14)9-11)16-5-7-17-8-6-16/h3-4,9-10,15H,5-8H2,1-2H3. The zero-order valence-corrected chi connectivity index (χ0v) is 12.8. The molecule has 17 heavy (non-hydrogen) atoms. The molecule has 1 saturated heterocycles. The molecule has 0 radical (unpaired) electrons. The molecule has 94 valence electrons. The summed E-state index contributed by atoms with van der Waals surface area (Å²) >= 11 is 5.75. The number of nitrogens with one attached hydrogen (secondary N) is 1. The molecule has 1 aliphatic rings. The van der Waals surface area contributed by atoms with Crippen LogP contribution in [0.4, 0.5) is 5.69 Å². The van der Waals surface area contributed by atoms with E-state index >= 15 is 0 Å². The highest BCUT2D eigenvalue weighted by Gasteiger charge is 2.14. The van der Waals surface area contributed by atoms with Crippen molar-refractivity contribution in [3.63, 3.8) is 0 Å². The van der Waals surface area contributed by atoms with E-state index in [1.54, 1.807) is 0 Å². The third-order valence-corrected chi connectivity index (χ3v) is 4.83. The second-order valence-corrected chi connectivity index (χ2v) is 6.40. The fourth-order valence-electron chi connectivity index (χ4n) is 2.02. The number of hydrogen-bond acceptors (Lipinski definition) is 3. The summed E-state index contributed by atoms with van der Waals surface area (Å²) in [5, 5.41) is 3.27. The molecule has 2 rings (SSSR count). The first-order valence-electron chi connectivity index (χ1n) is 6.02. The van der Waals surface area contributed by atoms with E-state index in [4.69, 9.17) is 0 Å². The van der Waals surface area contributed by atoms with E-state index in [0.29, 0.717) is 6.04 Å². The lowest BCUT2D eigenvalue weighted by Crippen LogP contribution is -2.32. The summed E-state index contributed by atoms with van der Waals surface area (Å²) in [6, 6.07) is 7.10. The number of anilines is 1. The summed E-state index contributed by atoms with van der Waals surface area (Å²) in [7, 11) is 1.99. The van der Waals surface area contributed by atoms with Crippen LogP contribution < -0.4 is 10.2 Å². The van der Waals surface area contributed by atoms with Crippen LogP contribution in [0.2, 0.25) is 0 Å². The lowest BCUT2D eigenvalue weighted by atomic mass is 10.1. The van der Waals surface area contributed by atoms with Crippen LogP contribution in [0.3, 0.4) is 0 Å². The van der Waals surface area contributed by atoms with Crippen LogP contribution in [0.15, 0.2) is 22.7 Å². The maximum Gasteiger partial charge on any atom is 0.0511 e. The summed E-state index contributed by atoms with van der Waals surface area (Å²) in [6.07, 6.45) is 0. The highest BCUT2D eigenvalue weighted by Crippen LogP contribution is 2.30. The molecule has 0 saturated carbocycles. The first-order valence-corrected chi connectivity index (χ1v) is 7.96. The van der Waals surface area contributed by atoms with Gasteiger partial charge in [-0.2, -0.15) is 11.8 Å². The molecule has 0 spiro atoms. The number of halogens is 1. The van der Waals surface area contributed by atoms with E-state index in [9.17, 15) is 0 Å². The first-order chi connectivity index (χ1) is 8.22. The highest BCUT2D eigenvalue weighted by molar-refractivity contribution is 9.10. The van der Waals surface area contributed by atoms with Gasteiger partial charge in [0, 0.05) is 35.1 Å². The van der Waals surface area contributed by atoms with Gasteiger partial charge in [-0.1, -0.05) is 6.07 Å². The van der Waals surface area contributed by atoms with Gasteiger partial charge in [0.1, 0.15) is 0 Å². The normalized spacial score (nSPS) is 18.2. The zero-order valence-electron chi connectivity index (χ0n) is 10.4. The van der Waals surface area contributed by atoms with Gasteiger partial charge >= 0.3 is 0 Å². The third kappa shape index (κ3) is 3.18. The van der Waals surface area contributed by atoms with Gasteiger partial charge in [0.05, 0.1) is 5.69 Å². The van der Waals surface area contributed by atoms with Crippen molar-refractivity contribution < 1.29 is 0 Å². The minimum Gasteiger partial charge on any atom is -0.369 e. The Bertz CT molecular complexity index is 378. The van der Waals surface area contributed by atoms with E-state index in [-0.39, 0.29) is 0 Å². The molecule has 2 nitrogen and oxygen atoms in total. The van der Waals surface area contributed by atoms with Gasteiger partial charge < -0.3 is 10.2 Å². The Balaban J connectivity index is 2.18. The van der Waals surface area contributed by atoms with Crippen LogP contribution in [0, 0.1) is 0 Å². The number of thioether (sulfide) groups is 1. The minimum absolute atomic E-state index is 0.400. The topological polar surface area (TPSA) is 15.3 Å². The fraction of sp³-hybridized carbons (Fsp3) is 0.538. The number of nitrogens with zero attached hydrogens (tertiary/aromatic N) is 1. The Kier molecular flexibility index (Phi) is 4.77. The van der Waals surface area contributed by atoms with Crippen molar-refractivity contribution >= 4 is 33.4 Å². The minimum atomic E-state index is 0.400. The Morgan fingerprint density at radius 3 is 2.65 bits per heavy atom.